The lowest BCUT2D eigenvalue weighted by Gasteiger charge is -2.36. The monoisotopic (exact) mass is 482 g/mol. The van der Waals surface area contributed by atoms with Crippen LogP contribution in [0.4, 0.5) is 5.82 Å². The molecule has 2 aliphatic rings. The number of thiophene rings is 1. The van der Waals surface area contributed by atoms with Crippen LogP contribution in [-0.2, 0) is 24.1 Å². The number of amides is 1. The minimum Gasteiger partial charge on any atom is -0.352 e. The van der Waals surface area contributed by atoms with E-state index in [-0.39, 0.29) is 5.91 Å². The second kappa shape index (κ2) is 9.98. The quantitative estimate of drug-likeness (QED) is 0.433. The Morgan fingerprint density at radius 2 is 1.85 bits per heavy atom. The number of halogens is 1. The highest BCUT2D eigenvalue weighted by molar-refractivity contribution is 7.19. The van der Waals surface area contributed by atoms with Gasteiger partial charge in [0.2, 0.25) is 5.91 Å². The van der Waals surface area contributed by atoms with Crippen LogP contribution in [0.5, 0.6) is 0 Å². The van der Waals surface area contributed by atoms with Crippen LogP contribution in [0.1, 0.15) is 59.8 Å². The number of piperazine rings is 1. The van der Waals surface area contributed by atoms with Crippen molar-refractivity contribution in [2.24, 2.45) is 0 Å². The zero-order chi connectivity index (χ0) is 22.8. The molecule has 0 spiro atoms. The number of alkyl halides is 1. The molecule has 1 fully saturated rings. The highest BCUT2D eigenvalue weighted by atomic mass is 35.5. The van der Waals surface area contributed by atoms with Crippen LogP contribution < -0.4 is 4.90 Å². The van der Waals surface area contributed by atoms with E-state index in [0.29, 0.717) is 13.1 Å². The number of carbonyl (C=O) groups excluding carboxylic acids is 1. The van der Waals surface area contributed by atoms with Gasteiger partial charge in [0.15, 0.2) is 0 Å². The van der Waals surface area contributed by atoms with E-state index in [2.05, 4.69) is 11.8 Å². The van der Waals surface area contributed by atoms with Gasteiger partial charge in [0.1, 0.15) is 21.8 Å². The molecule has 2 aromatic heterocycles. The third-order valence-electron chi connectivity index (χ3n) is 6.80. The number of benzene rings is 1. The highest BCUT2D eigenvalue weighted by Crippen LogP contribution is 2.40. The van der Waals surface area contributed by atoms with E-state index in [4.69, 9.17) is 21.6 Å². The van der Waals surface area contributed by atoms with Crippen molar-refractivity contribution in [1.82, 2.24) is 14.9 Å². The molecule has 174 valence electrons. The number of nitrogens with zero attached hydrogens (tertiary/aromatic N) is 4. The largest absolute Gasteiger partial charge is 0.352 e. The minimum absolute atomic E-state index is 0.00750. The number of aromatic nitrogens is 2. The number of anilines is 1. The number of unbranched alkanes of at least 4 members (excludes halogenated alkanes) is 1. The number of carbonyl (C=O) groups is 1. The summed E-state index contributed by atoms with van der Waals surface area (Å²) >= 11 is 8.40. The summed E-state index contributed by atoms with van der Waals surface area (Å²) in [5.74, 6) is 2.04. The molecule has 1 atom stereocenters. The molecule has 0 bridgehead atoms. The van der Waals surface area contributed by atoms with Gasteiger partial charge in [-0.25, -0.2) is 9.97 Å². The Balaban J connectivity index is 1.38. The molecular weight excluding hydrogens is 452 g/mol. The Bertz CT molecular complexity index is 1120. The van der Waals surface area contributed by atoms with E-state index >= 15 is 0 Å². The van der Waals surface area contributed by atoms with Crippen LogP contribution >= 0.6 is 22.9 Å². The third-order valence-corrected chi connectivity index (χ3v) is 8.42. The summed E-state index contributed by atoms with van der Waals surface area (Å²) in [5, 5.41) is 0.641. The minimum atomic E-state index is -0.631. The number of aryl methyl sites for hydroxylation is 3. The van der Waals surface area contributed by atoms with Gasteiger partial charge in [0.25, 0.3) is 0 Å². The smallest absolute Gasteiger partial charge is 0.245 e. The Morgan fingerprint density at radius 1 is 1.09 bits per heavy atom. The molecule has 1 saturated heterocycles. The van der Waals surface area contributed by atoms with Gasteiger partial charge in [-0.15, -0.1) is 22.9 Å². The van der Waals surface area contributed by atoms with Crippen molar-refractivity contribution in [3.8, 4) is 0 Å². The van der Waals surface area contributed by atoms with E-state index in [1.54, 1.807) is 0 Å². The molecule has 5 nitrogen and oxygen atoms in total. The maximum absolute atomic E-state index is 13.0. The maximum Gasteiger partial charge on any atom is 0.245 e. The summed E-state index contributed by atoms with van der Waals surface area (Å²) in [5.41, 5.74) is 2.33. The summed E-state index contributed by atoms with van der Waals surface area (Å²) in [7, 11) is 0. The summed E-state index contributed by atoms with van der Waals surface area (Å²) in [4.78, 5) is 30.0. The van der Waals surface area contributed by atoms with Gasteiger partial charge < -0.3 is 9.80 Å². The van der Waals surface area contributed by atoms with Crippen LogP contribution in [0.2, 0.25) is 0 Å². The first-order valence-corrected chi connectivity index (χ1v) is 13.4. The van der Waals surface area contributed by atoms with E-state index in [1.807, 2.05) is 46.6 Å². The predicted octanol–water partition coefficient (Wildman–Crippen LogP) is 5.54. The van der Waals surface area contributed by atoms with Crippen molar-refractivity contribution in [3.63, 3.8) is 0 Å². The second-order valence-corrected chi connectivity index (χ2v) is 10.6. The van der Waals surface area contributed by atoms with Crippen molar-refractivity contribution in [2.45, 2.75) is 57.2 Å². The average Bonchev–Trinajstić information content (AvgIpc) is 3.25. The zero-order valence-corrected chi connectivity index (χ0v) is 20.8. The Kier molecular flexibility index (Phi) is 6.84. The molecule has 5 rings (SSSR count). The van der Waals surface area contributed by atoms with Crippen molar-refractivity contribution in [1.29, 1.82) is 0 Å². The molecule has 1 aliphatic heterocycles. The van der Waals surface area contributed by atoms with E-state index in [0.717, 1.165) is 60.8 Å². The fourth-order valence-corrected chi connectivity index (χ4v) is 6.48. The van der Waals surface area contributed by atoms with Gasteiger partial charge in [-0.1, -0.05) is 43.7 Å². The van der Waals surface area contributed by atoms with Gasteiger partial charge in [0, 0.05) is 37.5 Å². The molecule has 0 radical (unpaired) electrons. The molecule has 33 heavy (non-hydrogen) atoms. The zero-order valence-electron chi connectivity index (χ0n) is 19.2. The Hall–Kier alpha value is -2.18. The first kappa shape index (κ1) is 22.6. The maximum atomic E-state index is 13.0. The summed E-state index contributed by atoms with van der Waals surface area (Å²) in [6, 6.07) is 9.63. The third kappa shape index (κ3) is 4.60. The standard InChI is InChI=1S/C26H31ClN4OS/c1-2-3-13-21-28-24(22-19-11-7-8-12-20(19)33-25(22)29-21)30-14-16-31(17-15-30)26(32)23(27)18-9-5-4-6-10-18/h4-6,9-10,23H,2-3,7-8,11-17H2,1H3. The van der Waals surface area contributed by atoms with Gasteiger partial charge in [-0.2, -0.15) is 0 Å². The molecular formula is C26H31ClN4OS. The number of rotatable bonds is 6. The number of hydrogen-bond acceptors (Lipinski definition) is 5. The summed E-state index contributed by atoms with van der Waals surface area (Å²) < 4.78 is 0. The molecule has 0 saturated carbocycles. The van der Waals surface area contributed by atoms with Crippen LogP contribution in [0, 0.1) is 0 Å². The van der Waals surface area contributed by atoms with E-state index in [9.17, 15) is 4.79 Å². The molecule has 0 N–H and O–H groups in total. The molecule has 1 amide bonds. The van der Waals surface area contributed by atoms with Crippen LogP contribution in [0.3, 0.4) is 0 Å². The Morgan fingerprint density at radius 3 is 2.61 bits per heavy atom. The van der Waals surface area contributed by atoms with Crippen LogP contribution in [-0.4, -0.2) is 47.0 Å². The molecule has 3 heterocycles. The second-order valence-electron chi connectivity index (χ2n) is 9.04. The van der Waals surface area contributed by atoms with Crippen LogP contribution in [0.25, 0.3) is 10.2 Å². The first-order chi connectivity index (χ1) is 16.2. The average molecular weight is 483 g/mol. The predicted molar refractivity (Wildman–Crippen MR) is 136 cm³/mol. The topological polar surface area (TPSA) is 49.3 Å². The fourth-order valence-electron chi connectivity index (χ4n) is 4.92. The summed E-state index contributed by atoms with van der Waals surface area (Å²) in [6.07, 6.45) is 7.98. The van der Waals surface area contributed by atoms with Crippen molar-refractivity contribution < 1.29 is 4.79 Å². The van der Waals surface area contributed by atoms with Gasteiger partial charge >= 0.3 is 0 Å². The molecule has 7 heteroatoms. The van der Waals surface area contributed by atoms with E-state index < -0.39 is 5.38 Å². The van der Waals surface area contributed by atoms with Crippen LogP contribution in [0.15, 0.2) is 30.3 Å². The Labute approximate surface area is 204 Å². The van der Waals surface area contributed by atoms with E-state index in [1.165, 1.54) is 35.1 Å². The van der Waals surface area contributed by atoms with Crippen molar-refractivity contribution >= 4 is 44.9 Å². The molecule has 3 aromatic rings. The van der Waals surface area contributed by atoms with Crippen molar-refractivity contribution in [3.05, 3.63) is 52.2 Å². The SMILES string of the molecule is CCCCc1nc(N2CCN(C(=O)C(Cl)c3ccccc3)CC2)c2c3c(sc2n1)CCCC3. The number of fused-ring (bicyclic) bond motifs is 3. The lowest BCUT2D eigenvalue weighted by atomic mass is 9.96. The highest BCUT2D eigenvalue weighted by Gasteiger charge is 2.30. The van der Waals surface area contributed by atoms with Crippen molar-refractivity contribution in [2.75, 3.05) is 31.1 Å². The molecule has 1 aromatic carbocycles. The summed E-state index contributed by atoms with van der Waals surface area (Å²) in [6.45, 7) is 5.08. The first-order valence-electron chi connectivity index (χ1n) is 12.2. The fraction of sp³-hybridized carbons (Fsp3) is 0.500. The lowest BCUT2D eigenvalue weighted by Crippen LogP contribution is -2.50. The molecule has 1 aliphatic carbocycles. The van der Waals surface area contributed by atoms with Gasteiger partial charge in [0.05, 0.1) is 5.39 Å². The number of hydrogen-bond donors (Lipinski definition) is 0. The van der Waals surface area contributed by atoms with Gasteiger partial charge in [-0.3, -0.25) is 4.79 Å². The lowest BCUT2D eigenvalue weighted by molar-refractivity contribution is -0.131. The normalized spacial score (nSPS) is 17.3. The van der Waals surface area contributed by atoms with Gasteiger partial charge in [-0.05, 0) is 43.2 Å². The molecule has 1 unspecified atom stereocenters.